The van der Waals surface area contributed by atoms with Gasteiger partial charge >= 0.3 is 5.97 Å². The minimum Gasteiger partial charge on any atom is -0.457 e. The van der Waals surface area contributed by atoms with Gasteiger partial charge in [-0.3, -0.25) is 0 Å². The Balaban J connectivity index is 4.88. The van der Waals surface area contributed by atoms with Gasteiger partial charge in [0, 0.05) is 12.0 Å². The van der Waals surface area contributed by atoms with Gasteiger partial charge in [0.25, 0.3) is 0 Å². The summed E-state index contributed by atoms with van der Waals surface area (Å²) in [6.45, 7) is 13.9. The number of ether oxygens (including phenoxy) is 1. The average Bonchev–Trinajstić information content (AvgIpc) is 2.48. The summed E-state index contributed by atoms with van der Waals surface area (Å²) >= 11 is 0. The SMILES string of the molecule is CC[Si](CC)(CC)O[C@@H](CC=CC(=O)OC(C)(C)C)[C@H](C)C=O. The van der Waals surface area contributed by atoms with Crippen LogP contribution in [0.15, 0.2) is 12.2 Å². The van der Waals surface area contributed by atoms with E-state index in [4.69, 9.17) is 9.16 Å². The van der Waals surface area contributed by atoms with Gasteiger partial charge in [-0.1, -0.05) is 33.8 Å². The van der Waals surface area contributed by atoms with Gasteiger partial charge in [-0.2, -0.15) is 0 Å². The second kappa shape index (κ2) is 10.0. The number of carbonyl (C=O) groups excluding carboxylic acids is 2. The molecule has 0 bridgehead atoms. The predicted octanol–water partition coefficient (Wildman–Crippen LogP) is 4.50. The van der Waals surface area contributed by atoms with Gasteiger partial charge in [-0.25, -0.2) is 4.79 Å². The van der Waals surface area contributed by atoms with Crippen molar-refractivity contribution in [3.8, 4) is 0 Å². The lowest BCUT2D eigenvalue weighted by Crippen LogP contribution is -2.42. The van der Waals surface area contributed by atoms with Crippen LogP contribution in [0.3, 0.4) is 0 Å². The number of aldehydes is 1. The molecule has 0 aliphatic rings. The van der Waals surface area contributed by atoms with Gasteiger partial charge < -0.3 is 14.0 Å². The van der Waals surface area contributed by atoms with Crippen LogP contribution in [0, 0.1) is 5.92 Å². The van der Waals surface area contributed by atoms with E-state index in [0.29, 0.717) is 6.42 Å². The maximum atomic E-state index is 11.7. The Morgan fingerprint density at radius 2 is 1.65 bits per heavy atom. The highest BCUT2D eigenvalue weighted by atomic mass is 28.4. The standard InChI is InChI=1S/C18H34O4Si/c1-8-23(9-2,10-3)22-16(15(4)14-19)12-11-13-17(20)21-18(5,6)7/h11,13-16H,8-10,12H2,1-7H3/t15-,16+/m1/s1. The van der Waals surface area contributed by atoms with Crippen molar-refractivity contribution in [2.75, 3.05) is 0 Å². The Hall–Kier alpha value is -0.943. The molecule has 0 aliphatic carbocycles. The topological polar surface area (TPSA) is 52.6 Å². The number of rotatable bonds is 10. The van der Waals surface area contributed by atoms with E-state index in [-0.39, 0.29) is 18.0 Å². The quantitative estimate of drug-likeness (QED) is 0.254. The summed E-state index contributed by atoms with van der Waals surface area (Å²) in [5.74, 6) is -0.546. The first-order valence-corrected chi connectivity index (χ1v) is 11.2. The van der Waals surface area contributed by atoms with Crippen LogP contribution in [0.25, 0.3) is 0 Å². The fourth-order valence-corrected chi connectivity index (χ4v) is 5.37. The first kappa shape index (κ1) is 22.1. The molecular weight excluding hydrogens is 308 g/mol. The number of carbonyl (C=O) groups is 2. The summed E-state index contributed by atoms with van der Waals surface area (Å²) in [4.78, 5) is 22.9. The molecule has 0 amide bonds. The van der Waals surface area contributed by atoms with Crippen LogP contribution in [-0.4, -0.2) is 32.3 Å². The highest BCUT2D eigenvalue weighted by Crippen LogP contribution is 2.26. The Labute approximate surface area is 142 Å². The molecule has 0 heterocycles. The van der Waals surface area contributed by atoms with Gasteiger partial charge in [-0.15, -0.1) is 0 Å². The van der Waals surface area contributed by atoms with Crippen LogP contribution in [0.5, 0.6) is 0 Å². The van der Waals surface area contributed by atoms with Crippen molar-refractivity contribution in [3.63, 3.8) is 0 Å². The highest BCUT2D eigenvalue weighted by molar-refractivity contribution is 6.73. The van der Waals surface area contributed by atoms with Gasteiger partial charge in [0.15, 0.2) is 8.32 Å². The summed E-state index contributed by atoms with van der Waals surface area (Å²) in [6, 6.07) is 3.12. The molecule has 23 heavy (non-hydrogen) atoms. The molecule has 134 valence electrons. The van der Waals surface area contributed by atoms with Crippen LogP contribution >= 0.6 is 0 Å². The smallest absolute Gasteiger partial charge is 0.330 e. The van der Waals surface area contributed by atoms with Crippen LogP contribution in [0.1, 0.15) is 54.9 Å². The van der Waals surface area contributed by atoms with Crippen LogP contribution in [0.4, 0.5) is 0 Å². The molecule has 0 saturated heterocycles. The minimum absolute atomic E-state index is 0.169. The molecule has 0 N–H and O–H groups in total. The van der Waals surface area contributed by atoms with E-state index >= 15 is 0 Å². The Kier molecular flexibility index (Phi) is 9.62. The van der Waals surface area contributed by atoms with Crippen LogP contribution in [-0.2, 0) is 18.8 Å². The molecule has 0 aromatic heterocycles. The lowest BCUT2D eigenvalue weighted by molar-refractivity contribution is -0.148. The van der Waals surface area contributed by atoms with E-state index in [1.54, 1.807) is 6.08 Å². The summed E-state index contributed by atoms with van der Waals surface area (Å²) in [7, 11) is -1.78. The molecule has 2 atom stereocenters. The fourth-order valence-electron chi connectivity index (χ4n) is 2.41. The van der Waals surface area contributed by atoms with Crippen molar-refractivity contribution < 1.29 is 18.8 Å². The second-order valence-electron chi connectivity index (χ2n) is 7.07. The van der Waals surface area contributed by atoms with Gasteiger partial charge in [0.2, 0.25) is 0 Å². The Morgan fingerprint density at radius 3 is 2.04 bits per heavy atom. The lowest BCUT2D eigenvalue weighted by Gasteiger charge is -2.34. The van der Waals surface area contributed by atoms with E-state index in [1.165, 1.54) is 6.08 Å². The van der Waals surface area contributed by atoms with Crippen molar-refractivity contribution in [2.45, 2.75) is 84.7 Å². The molecule has 0 spiro atoms. The average molecular weight is 343 g/mol. The van der Waals surface area contributed by atoms with E-state index < -0.39 is 13.9 Å². The van der Waals surface area contributed by atoms with Crippen LogP contribution in [0.2, 0.25) is 18.1 Å². The van der Waals surface area contributed by atoms with Gasteiger partial charge in [0.1, 0.15) is 11.9 Å². The van der Waals surface area contributed by atoms with Crippen LogP contribution < -0.4 is 0 Å². The zero-order valence-electron chi connectivity index (χ0n) is 15.8. The minimum atomic E-state index is -1.78. The van der Waals surface area contributed by atoms with Crippen molar-refractivity contribution in [1.29, 1.82) is 0 Å². The summed E-state index contributed by atoms with van der Waals surface area (Å²) in [5, 5.41) is 0. The fraction of sp³-hybridized carbons (Fsp3) is 0.778. The van der Waals surface area contributed by atoms with Crippen molar-refractivity contribution in [3.05, 3.63) is 12.2 Å². The molecule has 0 saturated carbocycles. The first-order chi connectivity index (χ1) is 10.6. The maximum absolute atomic E-state index is 11.7. The molecular formula is C18H34O4Si. The zero-order chi connectivity index (χ0) is 18.1. The molecule has 0 unspecified atom stereocenters. The largest absolute Gasteiger partial charge is 0.457 e. The lowest BCUT2D eigenvalue weighted by atomic mass is 10.0. The van der Waals surface area contributed by atoms with E-state index in [2.05, 4.69) is 20.8 Å². The normalized spacial score (nSPS) is 15.4. The third-order valence-corrected chi connectivity index (χ3v) is 8.83. The van der Waals surface area contributed by atoms with E-state index in [1.807, 2.05) is 27.7 Å². The summed E-state index contributed by atoms with van der Waals surface area (Å²) in [6.07, 6.45) is 4.52. The Morgan fingerprint density at radius 1 is 1.13 bits per heavy atom. The third kappa shape index (κ3) is 8.46. The van der Waals surface area contributed by atoms with Gasteiger partial charge in [-0.05, 0) is 45.3 Å². The van der Waals surface area contributed by atoms with Crippen molar-refractivity contribution in [2.24, 2.45) is 5.92 Å². The molecule has 0 aromatic carbocycles. The molecule has 0 radical (unpaired) electrons. The molecule has 0 rings (SSSR count). The number of esters is 1. The van der Waals surface area contributed by atoms with E-state index in [9.17, 15) is 9.59 Å². The second-order valence-corrected chi connectivity index (χ2v) is 11.8. The number of hydrogen-bond acceptors (Lipinski definition) is 4. The highest BCUT2D eigenvalue weighted by Gasteiger charge is 2.33. The third-order valence-electron chi connectivity index (χ3n) is 4.16. The molecule has 5 heteroatoms. The van der Waals surface area contributed by atoms with E-state index in [0.717, 1.165) is 24.4 Å². The first-order valence-electron chi connectivity index (χ1n) is 8.65. The summed E-state index contributed by atoms with van der Waals surface area (Å²) in [5.41, 5.74) is -0.498. The molecule has 0 aromatic rings. The zero-order valence-corrected chi connectivity index (χ0v) is 16.8. The predicted molar refractivity (Wildman–Crippen MR) is 96.9 cm³/mol. The molecule has 0 aliphatic heterocycles. The Bertz CT molecular complexity index is 386. The van der Waals surface area contributed by atoms with Gasteiger partial charge in [0.05, 0.1) is 6.10 Å². The molecule has 4 nitrogen and oxygen atoms in total. The monoisotopic (exact) mass is 342 g/mol. The number of hydrogen-bond donors (Lipinski definition) is 0. The molecule has 0 fully saturated rings. The summed E-state index contributed by atoms with van der Waals surface area (Å²) < 4.78 is 11.7. The maximum Gasteiger partial charge on any atom is 0.330 e. The van der Waals surface area contributed by atoms with Crippen molar-refractivity contribution in [1.82, 2.24) is 0 Å². The van der Waals surface area contributed by atoms with Crippen molar-refractivity contribution >= 4 is 20.6 Å².